The molecule has 0 spiro atoms. The fraction of sp³-hybridized carbons (Fsp3) is 0.409. The Morgan fingerprint density at radius 2 is 1.52 bits per heavy atom. The Bertz CT molecular complexity index is 719. The molecule has 0 unspecified atom stereocenters. The third-order valence-corrected chi connectivity index (χ3v) is 10.3. The summed E-state index contributed by atoms with van der Waals surface area (Å²) in [6.07, 6.45) is 0.207. The largest absolute Gasteiger partial charge is 0.444 e. The summed E-state index contributed by atoms with van der Waals surface area (Å²) < 4.78 is 12.2. The van der Waals surface area contributed by atoms with Crippen LogP contribution in [0.15, 0.2) is 60.7 Å². The molecule has 1 heterocycles. The van der Waals surface area contributed by atoms with E-state index in [0.29, 0.717) is 13.0 Å². The number of benzene rings is 2. The third-order valence-electron chi connectivity index (χ3n) is 5.30. The van der Waals surface area contributed by atoms with Crippen molar-refractivity contribution in [1.29, 1.82) is 0 Å². The molecular formula is C22H29NO3Si. The van der Waals surface area contributed by atoms with Gasteiger partial charge >= 0.3 is 6.09 Å². The summed E-state index contributed by atoms with van der Waals surface area (Å²) in [6, 6.07) is 21.2. The van der Waals surface area contributed by atoms with Gasteiger partial charge in [0.2, 0.25) is 0 Å². The standard InChI is InChI=1S/C22H29NO3Si/c1-17-20(26-21(24)23-17)15-16-25-27(22(2,3)4,18-11-7-5-8-12-18)19-13-9-6-10-14-19/h5-14,17,20H,15-16H2,1-4H3,(H,23,24)/t17-,20+/m0/s1. The molecule has 1 aliphatic rings. The lowest BCUT2D eigenvalue weighted by atomic mass is 10.1. The first-order valence-corrected chi connectivity index (χ1v) is 11.5. The van der Waals surface area contributed by atoms with Crippen LogP contribution in [-0.4, -0.2) is 33.2 Å². The maximum absolute atomic E-state index is 11.5. The highest BCUT2D eigenvalue weighted by atomic mass is 28.4. The minimum atomic E-state index is -2.52. The molecule has 1 aliphatic heterocycles. The first kappa shape index (κ1) is 19.6. The number of hydrogen-bond donors (Lipinski definition) is 1. The lowest BCUT2D eigenvalue weighted by Crippen LogP contribution is -2.66. The predicted molar refractivity (Wildman–Crippen MR) is 111 cm³/mol. The van der Waals surface area contributed by atoms with E-state index in [1.165, 1.54) is 10.4 Å². The molecule has 0 aliphatic carbocycles. The number of rotatable bonds is 6. The zero-order chi connectivity index (χ0) is 19.5. The van der Waals surface area contributed by atoms with Crippen molar-refractivity contribution < 1.29 is 14.0 Å². The molecule has 2 aromatic rings. The van der Waals surface area contributed by atoms with E-state index in [1.54, 1.807) is 0 Å². The molecule has 5 heteroatoms. The van der Waals surface area contributed by atoms with E-state index >= 15 is 0 Å². The molecule has 2 atom stereocenters. The van der Waals surface area contributed by atoms with E-state index in [2.05, 4.69) is 74.6 Å². The molecule has 4 nitrogen and oxygen atoms in total. The first-order valence-electron chi connectivity index (χ1n) is 9.57. The highest BCUT2D eigenvalue weighted by Gasteiger charge is 2.50. The summed E-state index contributed by atoms with van der Waals surface area (Å²) in [7, 11) is -2.52. The van der Waals surface area contributed by atoms with Gasteiger partial charge in [-0.05, 0) is 22.3 Å². The molecule has 1 N–H and O–H groups in total. The van der Waals surface area contributed by atoms with E-state index in [9.17, 15) is 4.79 Å². The Balaban J connectivity index is 1.93. The van der Waals surface area contributed by atoms with E-state index in [0.717, 1.165) is 0 Å². The van der Waals surface area contributed by atoms with Crippen LogP contribution < -0.4 is 15.7 Å². The summed E-state index contributed by atoms with van der Waals surface area (Å²) in [5.74, 6) is 0. The molecule has 1 saturated heterocycles. The number of carbonyl (C=O) groups excluding carboxylic acids is 1. The van der Waals surface area contributed by atoms with Gasteiger partial charge in [0.25, 0.3) is 8.32 Å². The second kappa shape index (κ2) is 7.86. The van der Waals surface area contributed by atoms with Crippen molar-refractivity contribution >= 4 is 24.8 Å². The van der Waals surface area contributed by atoms with Gasteiger partial charge < -0.3 is 14.5 Å². The van der Waals surface area contributed by atoms with E-state index in [-0.39, 0.29) is 23.3 Å². The van der Waals surface area contributed by atoms with Gasteiger partial charge in [-0.15, -0.1) is 0 Å². The maximum Gasteiger partial charge on any atom is 0.407 e. The second-order valence-corrected chi connectivity index (χ2v) is 12.5. The monoisotopic (exact) mass is 383 g/mol. The quantitative estimate of drug-likeness (QED) is 0.777. The van der Waals surface area contributed by atoms with Crippen molar-refractivity contribution in [3.8, 4) is 0 Å². The zero-order valence-corrected chi connectivity index (χ0v) is 17.6. The van der Waals surface area contributed by atoms with Crippen LogP contribution in [-0.2, 0) is 9.16 Å². The number of ether oxygens (including phenoxy) is 1. The average Bonchev–Trinajstić information content (AvgIpc) is 2.96. The van der Waals surface area contributed by atoms with Gasteiger partial charge in [0, 0.05) is 13.0 Å². The molecular weight excluding hydrogens is 354 g/mol. The third kappa shape index (κ3) is 3.94. The van der Waals surface area contributed by atoms with Crippen molar-refractivity contribution in [1.82, 2.24) is 5.32 Å². The van der Waals surface area contributed by atoms with Crippen LogP contribution in [0, 0.1) is 0 Å². The Kier molecular flexibility index (Phi) is 5.72. The number of carbonyl (C=O) groups is 1. The molecule has 0 aromatic heterocycles. The molecule has 2 aromatic carbocycles. The zero-order valence-electron chi connectivity index (χ0n) is 16.6. The van der Waals surface area contributed by atoms with Crippen LogP contribution in [0.4, 0.5) is 4.79 Å². The number of hydrogen-bond acceptors (Lipinski definition) is 3. The van der Waals surface area contributed by atoms with E-state index in [1.807, 2.05) is 19.1 Å². The number of cyclic esters (lactones) is 1. The number of nitrogens with one attached hydrogen (secondary N) is 1. The summed E-state index contributed by atoms with van der Waals surface area (Å²) in [5, 5.41) is 5.28. The Morgan fingerprint density at radius 1 is 1.00 bits per heavy atom. The molecule has 144 valence electrons. The van der Waals surface area contributed by atoms with Crippen molar-refractivity contribution in [3.63, 3.8) is 0 Å². The highest BCUT2D eigenvalue weighted by Crippen LogP contribution is 2.37. The van der Waals surface area contributed by atoms with Gasteiger partial charge in [0.05, 0.1) is 6.04 Å². The van der Waals surface area contributed by atoms with Crippen molar-refractivity contribution in [2.45, 2.75) is 51.3 Å². The van der Waals surface area contributed by atoms with Crippen LogP contribution >= 0.6 is 0 Å². The fourth-order valence-corrected chi connectivity index (χ4v) is 8.53. The van der Waals surface area contributed by atoms with Crippen LogP contribution in [0.2, 0.25) is 5.04 Å². The predicted octanol–water partition coefficient (Wildman–Crippen LogP) is 3.45. The SMILES string of the molecule is C[C@@H]1NC(=O)O[C@@H]1CCO[Si](c1ccccc1)(c1ccccc1)C(C)(C)C. The average molecular weight is 384 g/mol. The van der Waals surface area contributed by atoms with Crippen molar-refractivity contribution in [2.24, 2.45) is 0 Å². The Labute approximate surface area is 163 Å². The molecule has 1 fully saturated rings. The smallest absolute Gasteiger partial charge is 0.407 e. The van der Waals surface area contributed by atoms with Crippen molar-refractivity contribution in [3.05, 3.63) is 60.7 Å². The Morgan fingerprint density at radius 3 is 1.93 bits per heavy atom. The Hall–Kier alpha value is -2.11. The summed E-state index contributed by atoms with van der Waals surface area (Å²) in [6.45, 7) is 9.31. The topological polar surface area (TPSA) is 47.6 Å². The van der Waals surface area contributed by atoms with Gasteiger partial charge in [0.1, 0.15) is 6.10 Å². The number of amides is 1. The van der Waals surface area contributed by atoms with Gasteiger partial charge in [-0.3, -0.25) is 0 Å². The van der Waals surface area contributed by atoms with Gasteiger partial charge in [-0.1, -0.05) is 81.4 Å². The lowest BCUT2D eigenvalue weighted by molar-refractivity contribution is 0.114. The molecule has 3 rings (SSSR count). The molecule has 1 amide bonds. The van der Waals surface area contributed by atoms with Gasteiger partial charge in [-0.2, -0.15) is 0 Å². The van der Waals surface area contributed by atoms with Crippen LogP contribution in [0.3, 0.4) is 0 Å². The summed E-state index contributed by atoms with van der Waals surface area (Å²) >= 11 is 0. The lowest BCUT2D eigenvalue weighted by Gasteiger charge is -2.43. The van der Waals surface area contributed by atoms with Gasteiger partial charge in [0.15, 0.2) is 0 Å². The van der Waals surface area contributed by atoms with Gasteiger partial charge in [-0.25, -0.2) is 4.79 Å². The molecule has 0 bridgehead atoms. The molecule has 27 heavy (non-hydrogen) atoms. The van der Waals surface area contributed by atoms with E-state index < -0.39 is 8.32 Å². The molecule has 0 saturated carbocycles. The molecule has 0 radical (unpaired) electrons. The van der Waals surface area contributed by atoms with Crippen molar-refractivity contribution in [2.75, 3.05) is 6.61 Å². The minimum absolute atomic E-state index is 0.0141. The van der Waals surface area contributed by atoms with Crippen LogP contribution in [0.5, 0.6) is 0 Å². The first-order chi connectivity index (χ1) is 12.8. The summed E-state index contributed by atoms with van der Waals surface area (Å²) in [5.41, 5.74) is 0. The van der Waals surface area contributed by atoms with Crippen LogP contribution in [0.1, 0.15) is 34.1 Å². The fourth-order valence-electron chi connectivity index (χ4n) is 3.95. The number of alkyl carbamates (subject to hydrolysis) is 1. The normalized spacial score (nSPS) is 20.2. The minimum Gasteiger partial charge on any atom is -0.444 e. The second-order valence-electron chi connectivity index (χ2n) is 8.18. The van der Waals surface area contributed by atoms with E-state index in [4.69, 9.17) is 9.16 Å². The summed E-state index contributed by atoms with van der Waals surface area (Å²) in [4.78, 5) is 11.5. The highest BCUT2D eigenvalue weighted by molar-refractivity contribution is 6.99. The van der Waals surface area contributed by atoms with Crippen LogP contribution in [0.25, 0.3) is 0 Å². The maximum atomic E-state index is 11.5.